The predicted molar refractivity (Wildman–Crippen MR) is 59.3 cm³/mol. The Bertz CT molecular complexity index is 547. The second kappa shape index (κ2) is 5.11. The number of aryl methyl sites for hydroxylation is 1. The lowest BCUT2D eigenvalue weighted by atomic mass is 10.2. The first kappa shape index (κ1) is 14.7. The zero-order chi connectivity index (χ0) is 14.0. The van der Waals surface area contributed by atoms with Gasteiger partial charge in [0.1, 0.15) is 0 Å². The van der Waals surface area contributed by atoms with Crippen LogP contribution in [0.15, 0.2) is 41.1 Å². The molecule has 1 rings (SSSR count). The summed E-state index contributed by atoms with van der Waals surface area (Å²) >= 11 is 0. The van der Waals surface area contributed by atoms with E-state index in [0.717, 1.165) is 24.6 Å². The Morgan fingerprint density at radius 2 is 1.78 bits per heavy atom. The molecule has 3 nitrogen and oxygen atoms in total. The van der Waals surface area contributed by atoms with Crippen molar-refractivity contribution in [1.82, 2.24) is 0 Å². The number of hydrogen-bond donors (Lipinski definition) is 0. The molecule has 0 aliphatic carbocycles. The minimum absolute atomic E-state index is 0.435. The molecule has 0 amide bonds. The fourth-order valence-corrected chi connectivity index (χ4v) is 2.02. The second-order valence-electron chi connectivity index (χ2n) is 3.50. The highest BCUT2D eigenvalue weighted by Gasteiger charge is 2.42. The summed E-state index contributed by atoms with van der Waals surface area (Å²) in [6, 6.07) is 5.05. The molecule has 0 aromatic heterocycles. The van der Waals surface area contributed by atoms with Gasteiger partial charge in [-0.15, -0.1) is 0 Å². The van der Waals surface area contributed by atoms with Crippen LogP contribution < -0.4 is 0 Å². The molecule has 0 aliphatic heterocycles. The van der Waals surface area contributed by atoms with Crippen molar-refractivity contribution >= 4 is 10.1 Å². The normalized spacial score (nSPS) is 13.7. The Morgan fingerprint density at radius 1 is 1.28 bits per heavy atom. The monoisotopic (exact) mass is 280 g/mol. The van der Waals surface area contributed by atoms with Gasteiger partial charge < -0.3 is 0 Å². The standard InChI is InChI=1S/C11H11F3O3S/c1-3-10(12)11(13,14)17-18(15,16)9-6-4-8(2)5-7-9/h3-7H,1-2H3/b10-3-. The number of benzene rings is 1. The van der Waals surface area contributed by atoms with Crippen molar-refractivity contribution in [3.63, 3.8) is 0 Å². The third kappa shape index (κ3) is 3.33. The maximum Gasteiger partial charge on any atom is 0.423 e. The fraction of sp³-hybridized carbons (Fsp3) is 0.273. The lowest BCUT2D eigenvalue weighted by molar-refractivity contribution is -0.152. The topological polar surface area (TPSA) is 43.4 Å². The lowest BCUT2D eigenvalue weighted by Crippen LogP contribution is -2.26. The van der Waals surface area contributed by atoms with Gasteiger partial charge in [0.25, 0.3) is 0 Å². The summed E-state index contributed by atoms with van der Waals surface area (Å²) in [5.74, 6) is -1.96. The van der Waals surface area contributed by atoms with E-state index in [1.807, 2.05) is 0 Å². The van der Waals surface area contributed by atoms with Gasteiger partial charge in [-0.2, -0.15) is 21.4 Å². The first-order chi connectivity index (χ1) is 8.19. The Balaban J connectivity index is 3.06. The Labute approximate surface area is 103 Å². The largest absolute Gasteiger partial charge is 0.423 e. The van der Waals surface area contributed by atoms with E-state index >= 15 is 0 Å². The molecule has 0 spiro atoms. The van der Waals surface area contributed by atoms with E-state index in [0.29, 0.717) is 6.08 Å². The van der Waals surface area contributed by atoms with Gasteiger partial charge in [0.15, 0.2) is 5.83 Å². The number of alkyl halides is 2. The third-order valence-electron chi connectivity index (χ3n) is 2.06. The van der Waals surface area contributed by atoms with Crippen LogP contribution in [0.1, 0.15) is 12.5 Å². The van der Waals surface area contributed by atoms with Crippen molar-refractivity contribution in [2.75, 3.05) is 0 Å². The van der Waals surface area contributed by atoms with Crippen LogP contribution in [-0.2, 0) is 14.3 Å². The number of halogens is 3. The first-order valence-electron chi connectivity index (χ1n) is 4.91. The van der Waals surface area contributed by atoms with Gasteiger partial charge in [-0.05, 0) is 32.1 Å². The molecule has 0 saturated heterocycles. The van der Waals surface area contributed by atoms with Gasteiger partial charge in [-0.3, -0.25) is 0 Å². The molecule has 0 heterocycles. The van der Waals surface area contributed by atoms with Gasteiger partial charge in [0.2, 0.25) is 0 Å². The van der Waals surface area contributed by atoms with Crippen molar-refractivity contribution in [2.24, 2.45) is 0 Å². The highest BCUT2D eigenvalue weighted by molar-refractivity contribution is 7.86. The smallest absolute Gasteiger partial charge is 0.202 e. The van der Waals surface area contributed by atoms with Gasteiger partial charge in [-0.25, -0.2) is 4.39 Å². The van der Waals surface area contributed by atoms with Crippen molar-refractivity contribution in [2.45, 2.75) is 24.9 Å². The molecule has 0 bridgehead atoms. The molecule has 0 atom stereocenters. The van der Waals surface area contributed by atoms with E-state index in [1.54, 1.807) is 6.92 Å². The number of hydrogen-bond acceptors (Lipinski definition) is 3. The molecule has 0 unspecified atom stereocenters. The molecular weight excluding hydrogens is 269 g/mol. The molecule has 0 aliphatic rings. The number of allylic oxidation sites excluding steroid dienone is 1. The Kier molecular flexibility index (Phi) is 4.18. The van der Waals surface area contributed by atoms with E-state index in [9.17, 15) is 21.6 Å². The molecule has 100 valence electrons. The SMILES string of the molecule is C/C=C(\F)C(F)(F)OS(=O)(=O)c1ccc(C)cc1. The number of rotatable bonds is 4. The van der Waals surface area contributed by atoms with Crippen LogP contribution in [0.5, 0.6) is 0 Å². The molecule has 7 heteroatoms. The summed E-state index contributed by atoms with van der Waals surface area (Å²) < 4.78 is 65.4. The summed E-state index contributed by atoms with van der Waals surface area (Å²) in [6.45, 7) is 2.70. The van der Waals surface area contributed by atoms with Crippen LogP contribution in [0.2, 0.25) is 0 Å². The highest BCUT2D eigenvalue weighted by atomic mass is 32.2. The Morgan fingerprint density at radius 3 is 2.22 bits per heavy atom. The van der Waals surface area contributed by atoms with Crippen LogP contribution in [-0.4, -0.2) is 14.5 Å². The molecule has 0 fully saturated rings. The molecule has 1 aromatic carbocycles. The summed E-state index contributed by atoms with van der Waals surface area (Å²) in [4.78, 5) is -0.461. The summed E-state index contributed by atoms with van der Waals surface area (Å²) in [6.07, 6.45) is -4.07. The van der Waals surface area contributed by atoms with Crippen LogP contribution in [0.25, 0.3) is 0 Å². The van der Waals surface area contributed by atoms with Crippen LogP contribution >= 0.6 is 0 Å². The van der Waals surface area contributed by atoms with Crippen molar-refractivity contribution < 1.29 is 25.8 Å². The lowest BCUT2D eigenvalue weighted by Gasteiger charge is -2.14. The maximum absolute atomic E-state index is 13.0. The third-order valence-corrected chi connectivity index (χ3v) is 3.33. The summed E-state index contributed by atoms with van der Waals surface area (Å²) in [7, 11) is -4.72. The van der Waals surface area contributed by atoms with Gasteiger partial charge in [0.05, 0.1) is 4.90 Å². The van der Waals surface area contributed by atoms with Gasteiger partial charge >= 0.3 is 16.2 Å². The second-order valence-corrected chi connectivity index (χ2v) is 5.05. The minimum Gasteiger partial charge on any atom is -0.202 e. The van der Waals surface area contributed by atoms with E-state index in [1.165, 1.54) is 12.1 Å². The van der Waals surface area contributed by atoms with Crippen LogP contribution in [0.3, 0.4) is 0 Å². The van der Waals surface area contributed by atoms with Crippen LogP contribution in [0, 0.1) is 6.92 Å². The molecular formula is C11H11F3O3S. The molecule has 18 heavy (non-hydrogen) atoms. The van der Waals surface area contributed by atoms with Crippen LogP contribution in [0.4, 0.5) is 13.2 Å². The molecule has 0 saturated carbocycles. The van der Waals surface area contributed by atoms with Gasteiger partial charge in [-0.1, -0.05) is 17.7 Å². The minimum atomic E-state index is -4.72. The van der Waals surface area contributed by atoms with Gasteiger partial charge in [0, 0.05) is 0 Å². The van der Waals surface area contributed by atoms with Crippen molar-refractivity contribution in [3.8, 4) is 0 Å². The van der Waals surface area contributed by atoms with Crippen molar-refractivity contribution in [3.05, 3.63) is 41.7 Å². The van der Waals surface area contributed by atoms with E-state index in [4.69, 9.17) is 0 Å². The highest BCUT2D eigenvalue weighted by Crippen LogP contribution is 2.30. The quantitative estimate of drug-likeness (QED) is 0.796. The average Bonchev–Trinajstić information content (AvgIpc) is 2.27. The maximum atomic E-state index is 13.0. The zero-order valence-electron chi connectivity index (χ0n) is 9.65. The van der Waals surface area contributed by atoms with E-state index < -0.39 is 26.9 Å². The molecule has 1 aromatic rings. The molecule has 0 radical (unpaired) electrons. The molecule has 0 N–H and O–H groups in total. The fourth-order valence-electron chi connectivity index (χ4n) is 1.10. The predicted octanol–water partition coefficient (Wildman–Crippen LogP) is 3.17. The van der Waals surface area contributed by atoms with E-state index in [-0.39, 0.29) is 0 Å². The van der Waals surface area contributed by atoms with Crippen molar-refractivity contribution in [1.29, 1.82) is 0 Å². The first-order valence-corrected chi connectivity index (χ1v) is 6.32. The Hall–Kier alpha value is -1.34. The summed E-state index contributed by atoms with van der Waals surface area (Å²) in [5.41, 5.74) is 0.750. The van der Waals surface area contributed by atoms with E-state index in [2.05, 4.69) is 4.18 Å². The average molecular weight is 280 g/mol. The summed E-state index contributed by atoms with van der Waals surface area (Å²) in [5, 5.41) is 0. The zero-order valence-corrected chi connectivity index (χ0v) is 10.5.